The molecule has 2 nitrogen and oxygen atoms in total. The van der Waals surface area contributed by atoms with Crippen LogP contribution in [0, 0.1) is 18.3 Å². The number of halogens is 1. The number of hydrogen-bond donors (Lipinski definition) is 1. The quantitative estimate of drug-likeness (QED) is 0.605. The zero-order valence-electron chi connectivity index (χ0n) is 11.1. The van der Waals surface area contributed by atoms with Crippen molar-refractivity contribution in [3.63, 3.8) is 0 Å². The third kappa shape index (κ3) is 7.21. The summed E-state index contributed by atoms with van der Waals surface area (Å²) >= 11 is 0. The Bertz CT molecular complexity index is 354. The van der Waals surface area contributed by atoms with Crippen LogP contribution in [-0.4, -0.2) is 13.2 Å². The number of nitrogens with one attached hydrogen (secondary N) is 1. The van der Waals surface area contributed by atoms with E-state index in [1.807, 2.05) is 12.1 Å². The molecule has 1 rings (SSSR count). The Morgan fingerprint density at radius 2 is 1.94 bits per heavy atom. The van der Waals surface area contributed by atoms with E-state index < -0.39 is 0 Å². The average Bonchev–Trinajstić information content (AvgIpc) is 2.33. The van der Waals surface area contributed by atoms with Crippen LogP contribution in [0.4, 0.5) is 0 Å². The lowest BCUT2D eigenvalue weighted by molar-refractivity contribution is 0.370. The van der Waals surface area contributed by atoms with Crippen molar-refractivity contribution in [2.45, 2.75) is 26.8 Å². The largest absolute Gasteiger partial charge is 0.481 e. The molecule has 0 bridgehead atoms. The summed E-state index contributed by atoms with van der Waals surface area (Å²) in [4.78, 5) is 0. The number of benzene rings is 1. The maximum absolute atomic E-state index is 5.31. The number of ether oxygens (including phenoxy) is 1. The van der Waals surface area contributed by atoms with Crippen LogP contribution in [0.15, 0.2) is 24.3 Å². The third-order valence-corrected chi connectivity index (χ3v) is 2.47. The van der Waals surface area contributed by atoms with E-state index in [1.165, 1.54) is 12.0 Å². The molecule has 18 heavy (non-hydrogen) atoms. The highest BCUT2D eigenvalue weighted by molar-refractivity contribution is 5.85. The summed E-state index contributed by atoms with van der Waals surface area (Å²) in [5.41, 5.74) is 1.27. The van der Waals surface area contributed by atoms with Gasteiger partial charge in [-0.1, -0.05) is 31.9 Å². The second-order valence-corrected chi connectivity index (χ2v) is 4.50. The summed E-state index contributed by atoms with van der Waals surface area (Å²) in [5, 5.41) is 3.42. The lowest BCUT2D eigenvalue weighted by Gasteiger charge is -2.08. The summed E-state index contributed by atoms with van der Waals surface area (Å²) in [6.07, 6.45) is 6.34. The summed E-state index contributed by atoms with van der Waals surface area (Å²) in [5.74, 6) is 4.03. The molecule has 0 radical (unpaired) electrons. The lowest BCUT2D eigenvalue weighted by Crippen LogP contribution is -2.16. The monoisotopic (exact) mass is 267 g/mol. The van der Waals surface area contributed by atoms with E-state index in [2.05, 4.69) is 37.2 Å². The Kier molecular flexibility index (Phi) is 9.18. The Hall–Kier alpha value is -1.17. The van der Waals surface area contributed by atoms with Gasteiger partial charge in [-0.2, -0.15) is 0 Å². The van der Waals surface area contributed by atoms with E-state index in [9.17, 15) is 0 Å². The SMILES string of the molecule is C#CCOc1ccc(CNCCC(C)C)cc1.Cl. The molecule has 1 aromatic rings. The van der Waals surface area contributed by atoms with Crippen molar-refractivity contribution >= 4 is 12.4 Å². The summed E-state index contributed by atoms with van der Waals surface area (Å²) in [6.45, 7) is 6.76. The molecule has 0 aromatic heterocycles. The molecule has 0 aliphatic carbocycles. The average molecular weight is 268 g/mol. The van der Waals surface area contributed by atoms with Gasteiger partial charge >= 0.3 is 0 Å². The van der Waals surface area contributed by atoms with Gasteiger partial charge in [0.25, 0.3) is 0 Å². The fourth-order valence-corrected chi connectivity index (χ4v) is 1.45. The van der Waals surface area contributed by atoms with Crippen molar-refractivity contribution in [1.29, 1.82) is 0 Å². The van der Waals surface area contributed by atoms with E-state index in [0.29, 0.717) is 6.61 Å². The van der Waals surface area contributed by atoms with Crippen molar-refractivity contribution in [3.8, 4) is 18.1 Å². The minimum atomic E-state index is 0. The van der Waals surface area contributed by atoms with Crippen LogP contribution in [-0.2, 0) is 6.54 Å². The van der Waals surface area contributed by atoms with Crippen LogP contribution in [0.5, 0.6) is 5.75 Å². The molecular formula is C15H22ClNO. The molecule has 0 amide bonds. The second-order valence-electron chi connectivity index (χ2n) is 4.50. The molecule has 1 N–H and O–H groups in total. The van der Waals surface area contributed by atoms with Gasteiger partial charge in [-0.05, 0) is 36.6 Å². The molecule has 100 valence electrons. The van der Waals surface area contributed by atoms with Crippen LogP contribution in [0.3, 0.4) is 0 Å². The van der Waals surface area contributed by atoms with Gasteiger partial charge in [0.2, 0.25) is 0 Å². The zero-order chi connectivity index (χ0) is 12.5. The van der Waals surface area contributed by atoms with Crippen LogP contribution in [0.1, 0.15) is 25.8 Å². The number of hydrogen-bond acceptors (Lipinski definition) is 2. The fourth-order valence-electron chi connectivity index (χ4n) is 1.45. The Morgan fingerprint density at radius 1 is 1.28 bits per heavy atom. The zero-order valence-corrected chi connectivity index (χ0v) is 11.9. The normalized spacial score (nSPS) is 9.67. The van der Waals surface area contributed by atoms with Crippen molar-refractivity contribution in [3.05, 3.63) is 29.8 Å². The van der Waals surface area contributed by atoms with Gasteiger partial charge in [0.1, 0.15) is 12.4 Å². The molecule has 0 saturated heterocycles. The fraction of sp³-hybridized carbons (Fsp3) is 0.467. The van der Waals surface area contributed by atoms with Crippen molar-refractivity contribution in [1.82, 2.24) is 5.32 Å². The van der Waals surface area contributed by atoms with Crippen LogP contribution >= 0.6 is 12.4 Å². The topological polar surface area (TPSA) is 21.3 Å². The first-order chi connectivity index (χ1) is 8.22. The predicted octanol–water partition coefficient (Wildman–Crippen LogP) is 3.26. The summed E-state index contributed by atoms with van der Waals surface area (Å²) < 4.78 is 5.31. The molecule has 1 aromatic carbocycles. The molecule has 0 aliphatic heterocycles. The first-order valence-corrected chi connectivity index (χ1v) is 6.08. The Labute approximate surface area is 117 Å². The van der Waals surface area contributed by atoms with Crippen LogP contribution < -0.4 is 10.1 Å². The molecule has 0 heterocycles. The van der Waals surface area contributed by atoms with E-state index in [0.717, 1.165) is 24.8 Å². The molecular weight excluding hydrogens is 246 g/mol. The number of terminal acetylenes is 1. The first-order valence-electron chi connectivity index (χ1n) is 6.08. The van der Waals surface area contributed by atoms with Gasteiger partial charge in [0.15, 0.2) is 0 Å². The van der Waals surface area contributed by atoms with Crippen LogP contribution in [0.2, 0.25) is 0 Å². The van der Waals surface area contributed by atoms with Crippen molar-refractivity contribution in [2.75, 3.05) is 13.2 Å². The highest BCUT2D eigenvalue weighted by atomic mass is 35.5. The maximum Gasteiger partial charge on any atom is 0.148 e. The van der Waals surface area contributed by atoms with Gasteiger partial charge in [-0.15, -0.1) is 18.8 Å². The summed E-state index contributed by atoms with van der Waals surface area (Å²) in [7, 11) is 0. The maximum atomic E-state index is 5.31. The minimum Gasteiger partial charge on any atom is -0.481 e. The minimum absolute atomic E-state index is 0. The standard InChI is InChI=1S/C15H21NO.ClH/c1-4-11-17-15-7-5-14(6-8-15)12-16-10-9-13(2)3;/h1,5-8,13,16H,9-12H2,2-3H3;1H. The molecule has 3 heteroatoms. The molecule has 0 saturated carbocycles. The molecule has 0 aliphatic rings. The van der Waals surface area contributed by atoms with E-state index in [-0.39, 0.29) is 12.4 Å². The third-order valence-electron chi connectivity index (χ3n) is 2.47. The molecule has 0 unspecified atom stereocenters. The van der Waals surface area contributed by atoms with Crippen molar-refractivity contribution in [2.24, 2.45) is 5.92 Å². The van der Waals surface area contributed by atoms with Crippen molar-refractivity contribution < 1.29 is 4.74 Å². The highest BCUT2D eigenvalue weighted by Crippen LogP contribution is 2.11. The van der Waals surface area contributed by atoms with Gasteiger partial charge < -0.3 is 10.1 Å². The molecule has 0 fully saturated rings. The van der Waals surface area contributed by atoms with Crippen LogP contribution in [0.25, 0.3) is 0 Å². The van der Waals surface area contributed by atoms with Gasteiger partial charge in [-0.25, -0.2) is 0 Å². The predicted molar refractivity (Wildman–Crippen MR) is 79.2 cm³/mol. The first kappa shape index (κ1) is 16.8. The summed E-state index contributed by atoms with van der Waals surface area (Å²) in [6, 6.07) is 8.04. The van der Waals surface area contributed by atoms with E-state index in [4.69, 9.17) is 11.2 Å². The van der Waals surface area contributed by atoms with Gasteiger partial charge in [0, 0.05) is 6.54 Å². The van der Waals surface area contributed by atoms with E-state index in [1.54, 1.807) is 0 Å². The Balaban J connectivity index is 0.00000289. The Morgan fingerprint density at radius 3 is 2.50 bits per heavy atom. The van der Waals surface area contributed by atoms with E-state index >= 15 is 0 Å². The highest BCUT2D eigenvalue weighted by Gasteiger charge is 1.96. The van der Waals surface area contributed by atoms with Gasteiger partial charge in [-0.3, -0.25) is 0 Å². The lowest BCUT2D eigenvalue weighted by atomic mass is 10.1. The molecule has 0 spiro atoms. The smallest absolute Gasteiger partial charge is 0.148 e. The number of rotatable bonds is 7. The molecule has 0 atom stereocenters. The van der Waals surface area contributed by atoms with Gasteiger partial charge in [0.05, 0.1) is 0 Å². The second kappa shape index (κ2) is 9.82.